The second-order valence-corrected chi connectivity index (χ2v) is 7.15. The van der Waals surface area contributed by atoms with E-state index in [1.165, 1.54) is 31.3 Å². The molecule has 4 rings (SSSR count). The van der Waals surface area contributed by atoms with Crippen molar-refractivity contribution in [2.45, 2.75) is 45.4 Å². The van der Waals surface area contributed by atoms with Gasteiger partial charge in [0.1, 0.15) is 0 Å². The molecule has 0 amide bonds. The third-order valence-corrected chi connectivity index (χ3v) is 6.09. The first-order valence-electron chi connectivity index (χ1n) is 7.80. The topological polar surface area (TPSA) is 17.1 Å². The first kappa shape index (κ1) is 11.7. The van der Waals surface area contributed by atoms with Crippen molar-refractivity contribution < 1.29 is 4.79 Å². The van der Waals surface area contributed by atoms with Gasteiger partial charge in [-0.25, -0.2) is 0 Å². The average molecular weight is 254 g/mol. The zero-order valence-electron chi connectivity index (χ0n) is 11.7. The second-order valence-electron chi connectivity index (χ2n) is 7.15. The average Bonchev–Trinajstić information content (AvgIpc) is 2.79. The molecular weight excluding hydrogens is 232 g/mol. The number of fused-ring (bicyclic) bond motifs is 5. The van der Waals surface area contributed by atoms with E-state index in [0.717, 1.165) is 18.8 Å². The standard InChI is InChI=1S/C18H22O/c1-18-9-2-3-17(18)16-6-4-12-11-13(19)5-7-14(12)15(16)8-10-18/h4,6,8,11,14,16-17H,2-3,5,7,9-10H2,1H3/t14-,16+,17-,18-/m0/s1. The Labute approximate surface area is 115 Å². The van der Waals surface area contributed by atoms with Crippen LogP contribution in [-0.4, -0.2) is 5.78 Å². The minimum absolute atomic E-state index is 0.316. The molecule has 19 heavy (non-hydrogen) atoms. The molecule has 0 radical (unpaired) electrons. The first-order valence-corrected chi connectivity index (χ1v) is 7.80. The lowest BCUT2D eigenvalue weighted by Crippen LogP contribution is -2.36. The van der Waals surface area contributed by atoms with Crippen molar-refractivity contribution in [2.75, 3.05) is 0 Å². The van der Waals surface area contributed by atoms with E-state index in [1.54, 1.807) is 5.57 Å². The summed E-state index contributed by atoms with van der Waals surface area (Å²) < 4.78 is 0. The van der Waals surface area contributed by atoms with Crippen LogP contribution in [0.1, 0.15) is 45.4 Å². The smallest absolute Gasteiger partial charge is 0.156 e. The van der Waals surface area contributed by atoms with Crippen LogP contribution >= 0.6 is 0 Å². The van der Waals surface area contributed by atoms with Crippen molar-refractivity contribution in [1.29, 1.82) is 0 Å². The van der Waals surface area contributed by atoms with Gasteiger partial charge < -0.3 is 0 Å². The van der Waals surface area contributed by atoms with Crippen LogP contribution in [-0.2, 0) is 4.79 Å². The maximum atomic E-state index is 11.6. The van der Waals surface area contributed by atoms with Gasteiger partial charge in [0, 0.05) is 18.3 Å². The van der Waals surface area contributed by atoms with Gasteiger partial charge in [-0.1, -0.05) is 37.1 Å². The third kappa shape index (κ3) is 1.63. The van der Waals surface area contributed by atoms with Crippen LogP contribution in [0.25, 0.3) is 0 Å². The normalized spacial score (nSPS) is 44.1. The molecular formula is C18H22O. The molecule has 0 heterocycles. The van der Waals surface area contributed by atoms with E-state index in [0.29, 0.717) is 23.0 Å². The van der Waals surface area contributed by atoms with E-state index >= 15 is 0 Å². The SMILES string of the molecule is C[C@]12CC=C3[C@H]4CCC(=O)C=C4C=C[C@H]3[C@@H]1CCC2. The van der Waals surface area contributed by atoms with E-state index < -0.39 is 0 Å². The van der Waals surface area contributed by atoms with Crippen molar-refractivity contribution >= 4 is 5.78 Å². The van der Waals surface area contributed by atoms with Gasteiger partial charge in [-0.3, -0.25) is 4.79 Å². The molecule has 0 spiro atoms. The highest BCUT2D eigenvalue weighted by Gasteiger charge is 2.47. The Bertz CT molecular complexity index is 522. The predicted molar refractivity (Wildman–Crippen MR) is 76.6 cm³/mol. The molecule has 0 aromatic rings. The monoisotopic (exact) mass is 254 g/mol. The Morgan fingerprint density at radius 1 is 1.32 bits per heavy atom. The van der Waals surface area contributed by atoms with Gasteiger partial charge >= 0.3 is 0 Å². The number of carbonyl (C=O) groups excluding carboxylic acids is 1. The summed E-state index contributed by atoms with van der Waals surface area (Å²) in [6.07, 6.45) is 16.3. The molecule has 1 heteroatoms. The maximum absolute atomic E-state index is 11.6. The van der Waals surface area contributed by atoms with Crippen molar-refractivity contribution in [3.63, 3.8) is 0 Å². The van der Waals surface area contributed by atoms with Gasteiger partial charge in [0.2, 0.25) is 0 Å². The largest absolute Gasteiger partial charge is 0.295 e. The van der Waals surface area contributed by atoms with Crippen LogP contribution in [0.5, 0.6) is 0 Å². The lowest BCUT2D eigenvalue weighted by Gasteiger charge is -2.45. The molecule has 0 aromatic heterocycles. The van der Waals surface area contributed by atoms with Gasteiger partial charge in [-0.2, -0.15) is 0 Å². The highest BCUT2D eigenvalue weighted by molar-refractivity contribution is 5.92. The summed E-state index contributed by atoms with van der Waals surface area (Å²) in [6.45, 7) is 2.49. The van der Waals surface area contributed by atoms with Gasteiger partial charge in [0.25, 0.3) is 0 Å². The summed E-state index contributed by atoms with van der Waals surface area (Å²) in [5.41, 5.74) is 3.47. The van der Waals surface area contributed by atoms with Crippen LogP contribution in [0.3, 0.4) is 0 Å². The molecule has 0 unspecified atom stereocenters. The Hall–Kier alpha value is -1.11. The zero-order chi connectivity index (χ0) is 13.0. The molecule has 4 atom stereocenters. The lowest BCUT2D eigenvalue weighted by atomic mass is 9.59. The van der Waals surface area contributed by atoms with Gasteiger partial charge in [-0.05, 0) is 48.7 Å². The highest BCUT2D eigenvalue weighted by Crippen LogP contribution is 2.57. The molecule has 4 aliphatic rings. The minimum Gasteiger partial charge on any atom is -0.295 e. The number of ketones is 1. The summed E-state index contributed by atoms with van der Waals surface area (Å²) in [4.78, 5) is 11.6. The molecule has 0 saturated heterocycles. The second kappa shape index (κ2) is 3.94. The van der Waals surface area contributed by atoms with Gasteiger partial charge in [0.15, 0.2) is 5.78 Å². The van der Waals surface area contributed by atoms with Crippen molar-refractivity contribution in [3.8, 4) is 0 Å². The fourth-order valence-electron chi connectivity index (χ4n) is 5.02. The molecule has 100 valence electrons. The van der Waals surface area contributed by atoms with E-state index in [9.17, 15) is 4.79 Å². The lowest BCUT2D eigenvalue weighted by molar-refractivity contribution is -0.115. The zero-order valence-corrected chi connectivity index (χ0v) is 11.7. The molecule has 0 aliphatic heterocycles. The highest BCUT2D eigenvalue weighted by atomic mass is 16.1. The predicted octanol–water partition coefficient (Wildman–Crippen LogP) is 4.21. The molecule has 0 N–H and O–H groups in total. The summed E-state index contributed by atoms with van der Waals surface area (Å²) in [6, 6.07) is 0. The summed E-state index contributed by atoms with van der Waals surface area (Å²) >= 11 is 0. The quantitative estimate of drug-likeness (QED) is 0.592. The minimum atomic E-state index is 0.316. The van der Waals surface area contributed by atoms with Crippen LogP contribution in [0.2, 0.25) is 0 Å². The van der Waals surface area contributed by atoms with Crippen LogP contribution < -0.4 is 0 Å². The fraction of sp³-hybridized carbons (Fsp3) is 0.611. The van der Waals surface area contributed by atoms with Crippen LogP contribution in [0.4, 0.5) is 0 Å². The van der Waals surface area contributed by atoms with E-state index in [2.05, 4.69) is 25.2 Å². The first-order chi connectivity index (χ1) is 9.17. The van der Waals surface area contributed by atoms with E-state index in [4.69, 9.17) is 0 Å². The summed E-state index contributed by atoms with van der Waals surface area (Å²) in [5.74, 6) is 2.38. The number of allylic oxidation sites excluding steroid dienone is 6. The molecule has 1 nitrogen and oxygen atoms in total. The number of hydrogen-bond donors (Lipinski definition) is 0. The maximum Gasteiger partial charge on any atom is 0.156 e. The fourth-order valence-corrected chi connectivity index (χ4v) is 5.02. The van der Waals surface area contributed by atoms with Gasteiger partial charge in [0.05, 0.1) is 0 Å². The number of hydrogen-bond acceptors (Lipinski definition) is 1. The van der Waals surface area contributed by atoms with Crippen molar-refractivity contribution in [1.82, 2.24) is 0 Å². The Balaban J connectivity index is 1.76. The number of carbonyl (C=O) groups is 1. The van der Waals surface area contributed by atoms with E-state index in [1.807, 2.05) is 6.08 Å². The molecule has 0 bridgehead atoms. The van der Waals surface area contributed by atoms with Gasteiger partial charge in [-0.15, -0.1) is 0 Å². The summed E-state index contributed by atoms with van der Waals surface area (Å²) in [5, 5.41) is 0. The summed E-state index contributed by atoms with van der Waals surface area (Å²) in [7, 11) is 0. The van der Waals surface area contributed by atoms with Crippen molar-refractivity contribution in [3.05, 3.63) is 35.5 Å². The molecule has 4 aliphatic carbocycles. The number of rotatable bonds is 0. The molecule has 1 fully saturated rings. The Morgan fingerprint density at radius 2 is 2.21 bits per heavy atom. The Kier molecular flexibility index (Phi) is 2.43. The van der Waals surface area contributed by atoms with Crippen LogP contribution in [0, 0.1) is 23.2 Å². The Morgan fingerprint density at radius 3 is 3.11 bits per heavy atom. The third-order valence-electron chi connectivity index (χ3n) is 6.09. The molecule has 0 aromatic carbocycles. The van der Waals surface area contributed by atoms with Crippen molar-refractivity contribution in [2.24, 2.45) is 23.2 Å². The van der Waals surface area contributed by atoms with E-state index in [-0.39, 0.29) is 0 Å². The molecule has 1 saturated carbocycles. The van der Waals surface area contributed by atoms with Crippen LogP contribution in [0.15, 0.2) is 35.5 Å².